The van der Waals surface area contributed by atoms with Crippen molar-refractivity contribution < 1.29 is 9.59 Å². The number of hydrogen-bond acceptors (Lipinski definition) is 2. The molecule has 0 aliphatic heterocycles. The Morgan fingerprint density at radius 2 is 1.33 bits per heavy atom. The van der Waals surface area contributed by atoms with Crippen LogP contribution in [0.25, 0.3) is 0 Å². The van der Waals surface area contributed by atoms with Crippen LogP contribution in [0.5, 0.6) is 0 Å². The van der Waals surface area contributed by atoms with Gasteiger partial charge in [-0.15, -0.1) is 19.7 Å². The Morgan fingerprint density at radius 3 is 1.56 bits per heavy atom. The van der Waals surface area contributed by atoms with Gasteiger partial charge in [0.1, 0.15) is 0 Å². The average Bonchev–Trinajstić information content (AvgIpc) is 2.30. The molecule has 0 aromatic rings. The van der Waals surface area contributed by atoms with Crippen molar-refractivity contribution in [2.75, 3.05) is 13.1 Å². The molecule has 0 rings (SSSR count). The Balaban J connectivity index is 5.24. The first-order valence-corrected chi connectivity index (χ1v) is 7.71. The van der Waals surface area contributed by atoms with Crippen molar-refractivity contribution in [3.63, 3.8) is 0 Å². The highest BCUT2D eigenvalue weighted by Crippen LogP contribution is 2.09. The zero-order valence-electron chi connectivity index (χ0n) is 11.3. The highest BCUT2D eigenvalue weighted by Gasteiger charge is 2.28. The normalized spacial score (nSPS) is 9.72. The quantitative estimate of drug-likeness (QED) is 0.493. The molecule has 18 heavy (non-hydrogen) atoms. The van der Waals surface area contributed by atoms with Gasteiger partial charge in [0, 0.05) is 26.9 Å². The third-order valence-corrected chi connectivity index (χ3v) is 5.90. The van der Waals surface area contributed by atoms with E-state index in [1.807, 2.05) is 0 Å². The van der Waals surface area contributed by atoms with E-state index in [0.29, 0.717) is 19.1 Å². The summed E-state index contributed by atoms with van der Waals surface area (Å²) >= 11 is 0. The number of rotatable bonds is 8. The van der Waals surface area contributed by atoms with Crippen LogP contribution in [-0.2, 0) is 9.59 Å². The molecule has 0 saturated heterocycles. The van der Waals surface area contributed by atoms with Gasteiger partial charge in [0.2, 0.25) is 11.8 Å². The van der Waals surface area contributed by atoms with E-state index in [9.17, 15) is 9.59 Å². The summed E-state index contributed by atoms with van der Waals surface area (Å²) in [5.41, 5.74) is 0. The third kappa shape index (κ3) is 4.71. The van der Waals surface area contributed by atoms with Crippen molar-refractivity contribution in [3.8, 4) is 0 Å². The topological polar surface area (TPSA) is 40.6 Å². The molecule has 0 saturated carbocycles. The molecular formula is C13H22N2O2Si. The van der Waals surface area contributed by atoms with Gasteiger partial charge in [0.05, 0.1) is 0 Å². The molecule has 0 radical (unpaired) electrons. The van der Waals surface area contributed by atoms with E-state index in [1.54, 1.807) is 27.4 Å². The lowest BCUT2D eigenvalue weighted by molar-refractivity contribution is -0.126. The molecule has 100 valence electrons. The van der Waals surface area contributed by atoms with Crippen LogP contribution < -0.4 is 0 Å². The standard InChI is InChI=1S/C13H22N2O2Si/c1-6-9-14(12(4)16)18(11-8-3)15(10-7-2)13(5)17/h6-8,18H,1-3,9-11H2,4-5H3. The van der Waals surface area contributed by atoms with Crippen LogP contribution >= 0.6 is 0 Å². The van der Waals surface area contributed by atoms with Crippen LogP contribution in [0.2, 0.25) is 6.04 Å². The van der Waals surface area contributed by atoms with Gasteiger partial charge in [-0.3, -0.25) is 9.59 Å². The number of nitrogens with zero attached hydrogens (tertiary/aromatic N) is 2. The van der Waals surface area contributed by atoms with Gasteiger partial charge in [-0.05, 0) is 6.04 Å². The van der Waals surface area contributed by atoms with Gasteiger partial charge in [0.25, 0.3) is 9.12 Å². The number of hydrogen-bond donors (Lipinski definition) is 0. The summed E-state index contributed by atoms with van der Waals surface area (Å²) < 4.78 is 3.47. The molecule has 0 aromatic carbocycles. The Bertz CT molecular complexity index is 314. The minimum atomic E-state index is -1.91. The first kappa shape index (κ1) is 16.4. The first-order valence-electron chi connectivity index (χ1n) is 5.86. The molecule has 2 amide bonds. The van der Waals surface area contributed by atoms with Crippen molar-refractivity contribution >= 4 is 20.9 Å². The summed E-state index contributed by atoms with van der Waals surface area (Å²) in [6.45, 7) is 15.0. The molecular weight excluding hydrogens is 244 g/mol. The predicted octanol–water partition coefficient (Wildman–Crippen LogP) is 1.46. The van der Waals surface area contributed by atoms with E-state index in [2.05, 4.69) is 19.7 Å². The number of allylic oxidation sites excluding steroid dienone is 1. The van der Waals surface area contributed by atoms with Gasteiger partial charge in [-0.25, -0.2) is 0 Å². The summed E-state index contributed by atoms with van der Waals surface area (Å²) in [5.74, 6) is -0.0764. The van der Waals surface area contributed by atoms with E-state index in [4.69, 9.17) is 0 Å². The third-order valence-electron chi connectivity index (χ3n) is 2.56. The van der Waals surface area contributed by atoms with E-state index in [0.717, 1.165) is 0 Å². The van der Waals surface area contributed by atoms with Crippen LogP contribution in [-0.4, -0.2) is 43.2 Å². The molecule has 0 bridgehead atoms. The summed E-state index contributed by atoms with van der Waals surface area (Å²) in [4.78, 5) is 23.4. The predicted molar refractivity (Wildman–Crippen MR) is 77.3 cm³/mol. The van der Waals surface area contributed by atoms with Crippen LogP contribution in [0.1, 0.15) is 13.8 Å². The molecule has 0 unspecified atom stereocenters. The fourth-order valence-corrected chi connectivity index (χ4v) is 4.54. The minimum absolute atomic E-state index is 0.0382. The van der Waals surface area contributed by atoms with Crippen LogP contribution in [0.3, 0.4) is 0 Å². The van der Waals surface area contributed by atoms with E-state index >= 15 is 0 Å². The fraction of sp³-hybridized carbons (Fsp3) is 0.385. The van der Waals surface area contributed by atoms with Crippen LogP contribution in [0.4, 0.5) is 0 Å². The Morgan fingerprint density at radius 1 is 0.944 bits per heavy atom. The maximum Gasteiger partial charge on any atom is 0.256 e. The second-order valence-corrected chi connectivity index (χ2v) is 6.60. The molecule has 0 aliphatic rings. The fourth-order valence-electron chi connectivity index (χ4n) is 1.77. The minimum Gasteiger partial charge on any atom is -0.350 e. The van der Waals surface area contributed by atoms with Gasteiger partial charge >= 0.3 is 0 Å². The van der Waals surface area contributed by atoms with Crippen LogP contribution in [0, 0.1) is 0 Å². The zero-order chi connectivity index (χ0) is 14.1. The van der Waals surface area contributed by atoms with Crippen molar-refractivity contribution in [2.24, 2.45) is 0 Å². The summed E-state index contributed by atoms with van der Waals surface area (Å²) in [6.07, 6.45) is 5.11. The summed E-state index contributed by atoms with van der Waals surface area (Å²) in [5, 5.41) is 0. The highest BCUT2D eigenvalue weighted by molar-refractivity contribution is 6.59. The summed E-state index contributed by atoms with van der Waals surface area (Å²) in [6, 6.07) is 0.654. The second-order valence-electron chi connectivity index (χ2n) is 3.93. The maximum atomic E-state index is 11.7. The molecule has 0 aliphatic carbocycles. The van der Waals surface area contributed by atoms with Gasteiger partial charge in [0.15, 0.2) is 0 Å². The average molecular weight is 266 g/mol. The molecule has 5 heteroatoms. The first-order chi connectivity index (χ1) is 8.49. The second kappa shape index (κ2) is 8.47. The molecule has 0 N–H and O–H groups in total. The van der Waals surface area contributed by atoms with Crippen molar-refractivity contribution in [3.05, 3.63) is 38.0 Å². The lowest BCUT2D eigenvalue weighted by Gasteiger charge is -2.36. The largest absolute Gasteiger partial charge is 0.350 e. The lowest BCUT2D eigenvalue weighted by Crippen LogP contribution is -2.56. The monoisotopic (exact) mass is 266 g/mol. The Hall–Kier alpha value is -1.62. The van der Waals surface area contributed by atoms with E-state index < -0.39 is 9.12 Å². The Labute approximate surface area is 111 Å². The number of carbonyl (C=O) groups is 2. The molecule has 0 spiro atoms. The SMILES string of the molecule is C=CCN(C(C)=O)[SiH](CC=C)N(CC=C)C(C)=O. The molecule has 4 nitrogen and oxygen atoms in total. The number of amides is 2. The van der Waals surface area contributed by atoms with Crippen molar-refractivity contribution in [1.82, 2.24) is 9.13 Å². The molecule has 0 heterocycles. The van der Waals surface area contributed by atoms with E-state index in [1.165, 1.54) is 13.8 Å². The number of carbonyl (C=O) groups excluding carboxylic acids is 2. The van der Waals surface area contributed by atoms with Gasteiger partial charge < -0.3 is 9.13 Å². The highest BCUT2D eigenvalue weighted by atomic mass is 28.3. The maximum absolute atomic E-state index is 11.7. The molecule has 0 atom stereocenters. The molecule has 0 aromatic heterocycles. The van der Waals surface area contributed by atoms with Crippen molar-refractivity contribution in [2.45, 2.75) is 19.9 Å². The van der Waals surface area contributed by atoms with Gasteiger partial charge in [-0.1, -0.05) is 18.2 Å². The molecule has 0 fully saturated rings. The smallest absolute Gasteiger partial charge is 0.256 e. The lowest BCUT2D eigenvalue weighted by atomic mass is 10.6. The van der Waals surface area contributed by atoms with E-state index in [-0.39, 0.29) is 11.8 Å². The Kier molecular flexibility index (Phi) is 7.70. The summed E-state index contributed by atoms with van der Waals surface area (Å²) in [7, 11) is -1.91. The zero-order valence-corrected chi connectivity index (χ0v) is 12.4. The van der Waals surface area contributed by atoms with Gasteiger partial charge in [-0.2, -0.15) is 0 Å². The van der Waals surface area contributed by atoms with Crippen molar-refractivity contribution in [1.29, 1.82) is 0 Å². The van der Waals surface area contributed by atoms with Crippen LogP contribution in [0.15, 0.2) is 38.0 Å².